The van der Waals surface area contributed by atoms with Crippen LogP contribution in [-0.4, -0.2) is 37.8 Å². The van der Waals surface area contributed by atoms with E-state index in [4.69, 9.17) is 9.16 Å². The average molecular weight is 303 g/mol. The highest BCUT2D eigenvalue weighted by atomic mass is 28.4. The lowest BCUT2D eigenvalue weighted by atomic mass is 9.92. The molecule has 0 amide bonds. The first-order valence-corrected chi connectivity index (χ1v) is 10.8. The monoisotopic (exact) mass is 302 g/mol. The van der Waals surface area contributed by atoms with Crippen LogP contribution in [-0.2, 0) is 9.16 Å². The van der Waals surface area contributed by atoms with Gasteiger partial charge in [-0.25, -0.2) is 0 Å². The van der Waals surface area contributed by atoms with Gasteiger partial charge in [-0.2, -0.15) is 0 Å². The minimum atomic E-state index is -1.70. The second kappa shape index (κ2) is 6.07. The summed E-state index contributed by atoms with van der Waals surface area (Å²) in [7, 11) is -1.70. The van der Waals surface area contributed by atoms with E-state index in [0.717, 1.165) is 12.8 Å². The molecule has 1 saturated heterocycles. The normalized spacial score (nSPS) is 30.1. The number of epoxide rings is 1. The van der Waals surface area contributed by atoms with E-state index < -0.39 is 8.32 Å². The smallest absolute Gasteiger partial charge is 0.192 e. The highest BCUT2D eigenvalue weighted by Gasteiger charge is 2.54. The van der Waals surface area contributed by atoms with Crippen molar-refractivity contribution in [2.45, 2.75) is 90.3 Å². The number of rotatable bonds is 7. The van der Waals surface area contributed by atoms with Gasteiger partial charge in [0.05, 0.1) is 12.7 Å². The highest BCUT2D eigenvalue weighted by Crippen LogP contribution is 2.43. The van der Waals surface area contributed by atoms with Gasteiger partial charge in [-0.15, -0.1) is 0 Å². The molecular weight excluding hydrogens is 268 g/mol. The summed E-state index contributed by atoms with van der Waals surface area (Å²) >= 11 is 0. The zero-order valence-corrected chi connectivity index (χ0v) is 15.6. The van der Waals surface area contributed by atoms with Crippen molar-refractivity contribution in [1.82, 2.24) is 0 Å². The third-order valence-electron chi connectivity index (χ3n) is 5.13. The largest absolute Gasteiger partial charge is 0.414 e. The Bertz CT molecular complexity index is 324. The molecule has 1 fully saturated rings. The van der Waals surface area contributed by atoms with Crippen LogP contribution < -0.4 is 0 Å². The molecule has 1 aliphatic rings. The summed E-state index contributed by atoms with van der Waals surface area (Å²) in [5.74, 6) is 0.432. The van der Waals surface area contributed by atoms with Crippen molar-refractivity contribution in [2.24, 2.45) is 5.92 Å². The van der Waals surface area contributed by atoms with Gasteiger partial charge >= 0.3 is 0 Å². The van der Waals surface area contributed by atoms with Crippen molar-refractivity contribution >= 4 is 8.32 Å². The van der Waals surface area contributed by atoms with E-state index >= 15 is 0 Å². The summed E-state index contributed by atoms with van der Waals surface area (Å²) in [6, 6.07) is 0. The van der Waals surface area contributed by atoms with E-state index in [1.54, 1.807) is 0 Å². The molecule has 3 nitrogen and oxygen atoms in total. The maximum atomic E-state index is 9.32. The molecule has 0 saturated carbocycles. The molecule has 4 atom stereocenters. The first-order chi connectivity index (χ1) is 8.97. The van der Waals surface area contributed by atoms with Crippen LogP contribution in [0.15, 0.2) is 0 Å². The maximum Gasteiger partial charge on any atom is 0.192 e. The number of ether oxygens (including phenoxy) is 1. The Morgan fingerprint density at radius 1 is 1.35 bits per heavy atom. The summed E-state index contributed by atoms with van der Waals surface area (Å²) in [5, 5.41) is 9.57. The SMILES string of the molecule is CC[C@H](C[C@H](C)[C@@H]1O[C@@]1(C)CO)O[Si](C)(C)C(C)(C)C. The number of hydrogen-bond acceptors (Lipinski definition) is 3. The molecule has 0 radical (unpaired) electrons. The van der Waals surface area contributed by atoms with E-state index in [1.807, 2.05) is 6.92 Å². The highest BCUT2D eigenvalue weighted by molar-refractivity contribution is 6.74. The summed E-state index contributed by atoms with van der Waals surface area (Å²) in [4.78, 5) is 0. The van der Waals surface area contributed by atoms with Crippen molar-refractivity contribution in [3.63, 3.8) is 0 Å². The molecule has 1 rings (SSSR count). The third-order valence-corrected chi connectivity index (χ3v) is 9.66. The van der Waals surface area contributed by atoms with Crippen LogP contribution in [0.3, 0.4) is 0 Å². The second-order valence-electron chi connectivity index (χ2n) is 8.13. The molecule has 1 heterocycles. The Morgan fingerprint density at radius 3 is 2.25 bits per heavy atom. The van der Waals surface area contributed by atoms with E-state index in [-0.39, 0.29) is 23.4 Å². The fraction of sp³-hybridized carbons (Fsp3) is 1.00. The van der Waals surface area contributed by atoms with Crippen molar-refractivity contribution in [2.75, 3.05) is 6.61 Å². The van der Waals surface area contributed by atoms with Crippen LogP contribution >= 0.6 is 0 Å². The van der Waals surface area contributed by atoms with Gasteiger partial charge in [-0.3, -0.25) is 0 Å². The molecule has 0 spiro atoms. The van der Waals surface area contributed by atoms with Crippen molar-refractivity contribution in [3.05, 3.63) is 0 Å². The average Bonchev–Trinajstić information content (AvgIpc) is 3.00. The van der Waals surface area contributed by atoms with Crippen LogP contribution in [0, 0.1) is 5.92 Å². The van der Waals surface area contributed by atoms with Crippen LogP contribution in [0.5, 0.6) is 0 Å². The summed E-state index contributed by atoms with van der Waals surface area (Å²) in [6.45, 7) is 18.0. The van der Waals surface area contributed by atoms with Crippen LogP contribution in [0.4, 0.5) is 0 Å². The molecular formula is C16H34O3Si. The Kier molecular flexibility index (Phi) is 5.51. The van der Waals surface area contributed by atoms with E-state index in [9.17, 15) is 5.11 Å². The molecule has 4 heteroatoms. The number of hydrogen-bond donors (Lipinski definition) is 1. The van der Waals surface area contributed by atoms with Gasteiger partial charge in [0.2, 0.25) is 0 Å². The maximum absolute atomic E-state index is 9.32. The van der Waals surface area contributed by atoms with E-state index in [2.05, 4.69) is 47.7 Å². The van der Waals surface area contributed by atoms with E-state index in [0.29, 0.717) is 12.0 Å². The zero-order chi connectivity index (χ0) is 15.8. The summed E-state index contributed by atoms with van der Waals surface area (Å²) in [5.41, 5.74) is -0.311. The molecule has 0 aromatic carbocycles. The second-order valence-corrected chi connectivity index (χ2v) is 12.9. The Hall–Kier alpha value is 0.0969. The van der Waals surface area contributed by atoms with Gasteiger partial charge in [-0.05, 0) is 43.8 Å². The Balaban J connectivity index is 2.56. The zero-order valence-electron chi connectivity index (χ0n) is 14.6. The standard InChI is InChI=1S/C16H34O3Si/c1-9-13(19-20(7,8)15(3,4)5)10-12(2)14-16(6,11-17)18-14/h12-14,17H,9-11H2,1-8H3/t12-,13+,14-,16-/m0/s1. The van der Waals surface area contributed by atoms with Crippen molar-refractivity contribution in [1.29, 1.82) is 0 Å². The number of aliphatic hydroxyl groups excluding tert-OH is 1. The van der Waals surface area contributed by atoms with E-state index in [1.165, 1.54) is 0 Å². The third kappa shape index (κ3) is 4.06. The number of aliphatic hydroxyl groups is 1. The lowest BCUT2D eigenvalue weighted by molar-refractivity contribution is 0.139. The van der Waals surface area contributed by atoms with Gasteiger partial charge in [-0.1, -0.05) is 34.6 Å². The molecule has 0 bridgehead atoms. The van der Waals surface area contributed by atoms with Gasteiger partial charge in [0.25, 0.3) is 0 Å². The quantitative estimate of drug-likeness (QED) is 0.571. The molecule has 120 valence electrons. The van der Waals surface area contributed by atoms with Crippen LogP contribution in [0.2, 0.25) is 18.1 Å². The van der Waals surface area contributed by atoms with Gasteiger partial charge in [0, 0.05) is 6.10 Å². The van der Waals surface area contributed by atoms with Gasteiger partial charge in [0.1, 0.15) is 5.60 Å². The summed E-state index contributed by atoms with van der Waals surface area (Å²) < 4.78 is 12.2. The molecule has 0 aromatic rings. The van der Waals surface area contributed by atoms with Gasteiger partial charge in [0.15, 0.2) is 8.32 Å². The predicted molar refractivity (Wildman–Crippen MR) is 86.5 cm³/mol. The Labute approximate surface area is 126 Å². The topological polar surface area (TPSA) is 42.0 Å². The fourth-order valence-corrected chi connectivity index (χ4v) is 3.98. The van der Waals surface area contributed by atoms with Crippen LogP contribution in [0.1, 0.15) is 54.4 Å². The minimum absolute atomic E-state index is 0.113. The first-order valence-electron chi connectivity index (χ1n) is 7.93. The lowest BCUT2D eigenvalue weighted by Gasteiger charge is -2.39. The first kappa shape index (κ1) is 18.1. The van der Waals surface area contributed by atoms with Crippen molar-refractivity contribution < 1.29 is 14.3 Å². The summed E-state index contributed by atoms with van der Waals surface area (Å²) in [6.07, 6.45) is 2.55. The molecule has 1 N–H and O–H groups in total. The molecule has 0 aliphatic carbocycles. The van der Waals surface area contributed by atoms with Gasteiger partial charge < -0.3 is 14.3 Å². The fourth-order valence-electron chi connectivity index (χ4n) is 2.53. The Morgan fingerprint density at radius 2 is 1.90 bits per heavy atom. The molecule has 0 unspecified atom stereocenters. The molecule has 1 aliphatic heterocycles. The molecule has 0 aromatic heterocycles. The van der Waals surface area contributed by atoms with Crippen molar-refractivity contribution in [3.8, 4) is 0 Å². The molecule has 20 heavy (non-hydrogen) atoms. The predicted octanol–water partition coefficient (Wildman–Crippen LogP) is 3.96. The van der Waals surface area contributed by atoms with Crippen LogP contribution in [0.25, 0.3) is 0 Å². The lowest BCUT2D eigenvalue weighted by Crippen LogP contribution is -2.44. The minimum Gasteiger partial charge on any atom is -0.414 e.